The molecule has 2 heterocycles. The molecule has 2 aromatic heterocycles. The van der Waals surface area contributed by atoms with Crippen molar-refractivity contribution in [3.05, 3.63) is 45.6 Å². The molecular formula is C26H34ClN5O5. The number of esters is 1. The van der Waals surface area contributed by atoms with Gasteiger partial charge >= 0.3 is 5.97 Å². The molecule has 0 saturated heterocycles. The number of nitrogens with one attached hydrogen (secondary N) is 2. The van der Waals surface area contributed by atoms with Crippen LogP contribution in [0.1, 0.15) is 46.1 Å². The molecule has 5 rings (SSSR count). The first-order valence-corrected chi connectivity index (χ1v) is 13.0. The largest absolute Gasteiger partial charge is 0.480 e. The number of carbonyl (C=O) groups excluding carboxylic acids is 2. The maximum Gasteiger partial charge on any atom is 0.344 e. The standard InChI is InChI=1S/C26H34ClN5O5/c1-5-36-23(34)14-37-21-12-28-7-6-16(21)10-29-22(33)13-32-25(35)24(27)20(11-30-32)31-19-9-17-8-18(15(19)2)26(17,3)4/h6-7,11-12,15,17-19,31H,5,8-10,13-14H2,1-4H3,(H,29,33)/t15-,17+,18-,19-/m1/s1. The lowest BCUT2D eigenvalue weighted by Crippen LogP contribution is -2.58. The van der Waals surface area contributed by atoms with Gasteiger partial charge in [-0.05, 0) is 49.0 Å². The summed E-state index contributed by atoms with van der Waals surface area (Å²) in [5.41, 5.74) is 0.950. The molecule has 0 aromatic carbocycles. The van der Waals surface area contributed by atoms with E-state index in [9.17, 15) is 14.4 Å². The monoisotopic (exact) mass is 531 g/mol. The summed E-state index contributed by atoms with van der Waals surface area (Å²) in [6.45, 7) is 8.45. The van der Waals surface area contributed by atoms with Gasteiger partial charge in [0.25, 0.3) is 5.56 Å². The second-order valence-corrected chi connectivity index (χ2v) is 10.8. The van der Waals surface area contributed by atoms with Gasteiger partial charge in [-0.1, -0.05) is 32.4 Å². The van der Waals surface area contributed by atoms with Crippen molar-refractivity contribution in [2.45, 2.75) is 59.7 Å². The number of anilines is 1. The highest BCUT2D eigenvalue weighted by Gasteiger charge is 2.56. The van der Waals surface area contributed by atoms with Crippen molar-refractivity contribution in [1.29, 1.82) is 0 Å². The van der Waals surface area contributed by atoms with Gasteiger partial charge in [-0.3, -0.25) is 14.6 Å². The van der Waals surface area contributed by atoms with Crippen molar-refractivity contribution in [3.63, 3.8) is 0 Å². The number of pyridine rings is 1. The number of halogens is 1. The van der Waals surface area contributed by atoms with Crippen LogP contribution in [-0.2, 0) is 27.4 Å². The molecule has 1 amide bonds. The number of aromatic nitrogens is 3. The van der Waals surface area contributed by atoms with Gasteiger partial charge in [0, 0.05) is 24.3 Å². The zero-order valence-electron chi connectivity index (χ0n) is 21.6. The molecular weight excluding hydrogens is 498 g/mol. The first kappa shape index (κ1) is 26.9. The van der Waals surface area contributed by atoms with Crippen LogP contribution in [0.3, 0.4) is 0 Å². The van der Waals surface area contributed by atoms with Crippen molar-refractivity contribution in [2.75, 3.05) is 18.5 Å². The minimum absolute atomic E-state index is 0.0253. The van der Waals surface area contributed by atoms with Gasteiger partial charge in [-0.25, -0.2) is 9.48 Å². The number of fused-ring (bicyclic) bond motifs is 2. The molecule has 3 aliphatic carbocycles. The second kappa shape index (κ2) is 11.1. The quantitative estimate of drug-likeness (QED) is 0.448. The summed E-state index contributed by atoms with van der Waals surface area (Å²) >= 11 is 6.40. The highest BCUT2D eigenvalue weighted by Crippen LogP contribution is 2.61. The van der Waals surface area contributed by atoms with E-state index in [1.54, 1.807) is 19.2 Å². The van der Waals surface area contributed by atoms with Crippen LogP contribution in [0.15, 0.2) is 29.5 Å². The van der Waals surface area contributed by atoms with Gasteiger partial charge in [0.05, 0.1) is 24.7 Å². The first-order chi connectivity index (χ1) is 17.6. The lowest BCUT2D eigenvalue weighted by atomic mass is 9.45. The molecule has 200 valence electrons. The van der Waals surface area contributed by atoms with Crippen LogP contribution in [-0.4, -0.2) is 45.9 Å². The molecule has 2 N–H and O–H groups in total. The Labute approximate surface area is 221 Å². The topological polar surface area (TPSA) is 124 Å². The van der Waals surface area contributed by atoms with Crippen LogP contribution in [0.5, 0.6) is 5.75 Å². The molecule has 3 saturated carbocycles. The minimum Gasteiger partial charge on any atom is -0.480 e. The van der Waals surface area contributed by atoms with E-state index in [1.165, 1.54) is 18.8 Å². The maximum atomic E-state index is 12.8. The van der Waals surface area contributed by atoms with Gasteiger partial charge in [0.15, 0.2) is 6.61 Å². The van der Waals surface area contributed by atoms with Crippen LogP contribution in [0.2, 0.25) is 5.02 Å². The molecule has 3 fully saturated rings. The van der Waals surface area contributed by atoms with E-state index in [0.29, 0.717) is 40.2 Å². The summed E-state index contributed by atoms with van der Waals surface area (Å²) < 4.78 is 11.4. The van der Waals surface area contributed by atoms with E-state index in [-0.39, 0.29) is 37.4 Å². The second-order valence-electron chi connectivity index (χ2n) is 10.4. The Bertz CT molecular complexity index is 1220. The fraction of sp³-hybridized carbons (Fsp3) is 0.577. The highest BCUT2D eigenvalue weighted by molar-refractivity contribution is 6.32. The Morgan fingerprint density at radius 2 is 2.05 bits per heavy atom. The van der Waals surface area contributed by atoms with Gasteiger partial charge in [-0.2, -0.15) is 5.10 Å². The van der Waals surface area contributed by atoms with Crippen molar-refractivity contribution in [1.82, 2.24) is 20.1 Å². The van der Waals surface area contributed by atoms with E-state index < -0.39 is 17.4 Å². The molecule has 3 aliphatic rings. The third kappa shape index (κ3) is 5.74. The van der Waals surface area contributed by atoms with E-state index in [1.807, 2.05) is 0 Å². The van der Waals surface area contributed by atoms with Crippen molar-refractivity contribution < 1.29 is 19.1 Å². The zero-order valence-corrected chi connectivity index (χ0v) is 22.4. The molecule has 0 radical (unpaired) electrons. The number of hydrogen-bond donors (Lipinski definition) is 2. The van der Waals surface area contributed by atoms with Gasteiger partial charge in [0.1, 0.15) is 17.3 Å². The fourth-order valence-corrected chi connectivity index (χ4v) is 5.83. The van der Waals surface area contributed by atoms with E-state index in [0.717, 1.165) is 11.1 Å². The van der Waals surface area contributed by atoms with E-state index >= 15 is 0 Å². The predicted octanol–water partition coefficient (Wildman–Crippen LogP) is 3.03. The van der Waals surface area contributed by atoms with Crippen molar-refractivity contribution in [2.24, 2.45) is 23.2 Å². The molecule has 10 nitrogen and oxygen atoms in total. The molecule has 11 heteroatoms. The number of ether oxygens (including phenoxy) is 2. The Morgan fingerprint density at radius 3 is 2.76 bits per heavy atom. The summed E-state index contributed by atoms with van der Waals surface area (Å²) in [6.07, 6.45) is 6.81. The van der Waals surface area contributed by atoms with Crippen LogP contribution in [0.25, 0.3) is 0 Å². The third-order valence-electron chi connectivity index (χ3n) is 7.97. The van der Waals surface area contributed by atoms with Gasteiger partial charge in [0.2, 0.25) is 5.91 Å². The van der Waals surface area contributed by atoms with Crippen LogP contribution in [0, 0.1) is 23.2 Å². The van der Waals surface area contributed by atoms with E-state index in [2.05, 4.69) is 41.5 Å². The van der Waals surface area contributed by atoms with Crippen LogP contribution < -0.4 is 20.9 Å². The minimum atomic E-state index is -0.530. The lowest BCUT2D eigenvalue weighted by Gasteiger charge is -2.62. The number of amides is 1. The lowest BCUT2D eigenvalue weighted by molar-refractivity contribution is -0.145. The van der Waals surface area contributed by atoms with Crippen molar-refractivity contribution in [3.8, 4) is 5.75 Å². The molecule has 0 aliphatic heterocycles. The summed E-state index contributed by atoms with van der Waals surface area (Å²) in [6, 6.07) is 1.90. The third-order valence-corrected chi connectivity index (χ3v) is 8.34. The summed E-state index contributed by atoms with van der Waals surface area (Å²) in [4.78, 5) is 40.9. The average Bonchev–Trinajstić information content (AvgIpc) is 2.87. The molecule has 2 bridgehead atoms. The van der Waals surface area contributed by atoms with Gasteiger partial charge < -0.3 is 20.1 Å². The Kier molecular flexibility index (Phi) is 8.06. The van der Waals surface area contributed by atoms with Gasteiger partial charge in [-0.15, -0.1) is 0 Å². The molecule has 37 heavy (non-hydrogen) atoms. The van der Waals surface area contributed by atoms with Crippen molar-refractivity contribution >= 4 is 29.2 Å². The SMILES string of the molecule is CCOC(=O)COc1cnccc1CNC(=O)Cn1ncc(N[C@@H]2C[C@@H]3C[C@H]([C@H]2C)C3(C)C)c(Cl)c1=O. The van der Waals surface area contributed by atoms with Crippen LogP contribution in [0.4, 0.5) is 5.69 Å². The Morgan fingerprint density at radius 1 is 1.27 bits per heavy atom. The number of nitrogens with zero attached hydrogens (tertiary/aromatic N) is 3. The van der Waals surface area contributed by atoms with Crippen LogP contribution >= 0.6 is 11.6 Å². The first-order valence-electron chi connectivity index (χ1n) is 12.6. The predicted molar refractivity (Wildman–Crippen MR) is 138 cm³/mol. The zero-order chi connectivity index (χ0) is 26.7. The smallest absolute Gasteiger partial charge is 0.344 e. The fourth-order valence-electron chi connectivity index (χ4n) is 5.63. The normalized spacial score (nSPS) is 23.5. The molecule has 2 aromatic rings. The number of carbonyl (C=O) groups is 2. The summed E-state index contributed by atoms with van der Waals surface area (Å²) in [5.74, 6) is 1.20. The highest BCUT2D eigenvalue weighted by atomic mass is 35.5. The maximum absolute atomic E-state index is 12.8. The summed E-state index contributed by atoms with van der Waals surface area (Å²) in [5, 5.41) is 10.4. The molecule has 0 spiro atoms. The number of rotatable bonds is 10. The average molecular weight is 532 g/mol. The Balaban J connectivity index is 1.34. The summed E-state index contributed by atoms with van der Waals surface area (Å²) in [7, 11) is 0. The molecule has 4 atom stereocenters. The van der Waals surface area contributed by atoms with E-state index in [4.69, 9.17) is 21.1 Å². The Hall–Kier alpha value is -3.14. The molecule has 0 unspecified atom stereocenters. The number of hydrogen-bond acceptors (Lipinski definition) is 8.